The third-order valence-electron chi connectivity index (χ3n) is 2.46. The molecule has 4 nitrogen and oxygen atoms in total. The summed E-state index contributed by atoms with van der Waals surface area (Å²) in [5.74, 6) is -0.129. The molecule has 0 spiro atoms. The molecule has 98 valence electrons. The molecule has 0 amide bonds. The van der Waals surface area contributed by atoms with E-state index in [1.807, 2.05) is 30.3 Å². The average molecular weight is 275 g/mol. The monoisotopic (exact) mass is 275 g/mol. The van der Waals surface area contributed by atoms with Gasteiger partial charge in [0.25, 0.3) is 0 Å². The Hall–Kier alpha value is -2.14. The van der Waals surface area contributed by atoms with Crippen molar-refractivity contribution in [1.29, 1.82) is 0 Å². The SMILES string of the molecule is COc1ccc(SNc2cccc(C(=O)O)c2)cc1. The van der Waals surface area contributed by atoms with E-state index in [0.717, 1.165) is 16.3 Å². The summed E-state index contributed by atoms with van der Waals surface area (Å²) < 4.78 is 8.19. The molecule has 0 radical (unpaired) electrons. The first-order chi connectivity index (χ1) is 9.19. The molecule has 2 N–H and O–H groups in total. The van der Waals surface area contributed by atoms with Crippen LogP contribution in [-0.4, -0.2) is 18.2 Å². The highest BCUT2D eigenvalue weighted by molar-refractivity contribution is 8.00. The predicted molar refractivity (Wildman–Crippen MR) is 75.9 cm³/mol. The summed E-state index contributed by atoms with van der Waals surface area (Å²) in [6.07, 6.45) is 0. The van der Waals surface area contributed by atoms with Gasteiger partial charge in [-0.1, -0.05) is 6.07 Å². The Balaban J connectivity index is 2.01. The summed E-state index contributed by atoms with van der Waals surface area (Å²) in [6.45, 7) is 0. The maximum absolute atomic E-state index is 10.8. The topological polar surface area (TPSA) is 58.6 Å². The van der Waals surface area contributed by atoms with Crippen LogP contribution in [-0.2, 0) is 0 Å². The molecule has 2 aromatic carbocycles. The Labute approximate surface area is 115 Å². The third kappa shape index (κ3) is 3.66. The number of ether oxygens (including phenoxy) is 1. The van der Waals surface area contributed by atoms with E-state index in [0.29, 0.717) is 0 Å². The molecule has 5 heteroatoms. The molecule has 0 atom stereocenters. The van der Waals surface area contributed by atoms with E-state index in [-0.39, 0.29) is 5.56 Å². The Morgan fingerprint density at radius 3 is 2.58 bits per heavy atom. The quantitative estimate of drug-likeness (QED) is 0.818. The molecule has 2 aromatic rings. The van der Waals surface area contributed by atoms with Crippen molar-refractivity contribution < 1.29 is 14.6 Å². The smallest absolute Gasteiger partial charge is 0.335 e. The Morgan fingerprint density at radius 2 is 1.95 bits per heavy atom. The van der Waals surface area contributed by atoms with E-state index in [1.54, 1.807) is 25.3 Å². The number of hydrogen-bond acceptors (Lipinski definition) is 4. The van der Waals surface area contributed by atoms with Crippen LogP contribution in [0, 0.1) is 0 Å². The number of carboxylic acids is 1. The highest BCUT2D eigenvalue weighted by atomic mass is 32.2. The number of aromatic carboxylic acids is 1. The van der Waals surface area contributed by atoms with Gasteiger partial charge in [0.15, 0.2) is 0 Å². The number of benzene rings is 2. The molecule has 0 aliphatic carbocycles. The second-order valence-electron chi connectivity index (χ2n) is 3.77. The fourth-order valence-corrected chi connectivity index (χ4v) is 2.11. The third-order valence-corrected chi connectivity index (χ3v) is 3.30. The lowest BCUT2D eigenvalue weighted by molar-refractivity contribution is 0.0697. The van der Waals surface area contributed by atoms with Crippen molar-refractivity contribution in [1.82, 2.24) is 0 Å². The normalized spacial score (nSPS) is 9.95. The standard InChI is InChI=1S/C14H13NO3S/c1-18-12-5-7-13(8-6-12)19-15-11-4-2-3-10(9-11)14(16)17/h2-9,15H,1H3,(H,16,17). The number of anilines is 1. The maximum Gasteiger partial charge on any atom is 0.335 e. The summed E-state index contributed by atoms with van der Waals surface area (Å²) in [5.41, 5.74) is 1.01. The minimum Gasteiger partial charge on any atom is -0.497 e. The van der Waals surface area contributed by atoms with Crippen LogP contribution in [0.5, 0.6) is 5.75 Å². The van der Waals surface area contributed by atoms with E-state index in [4.69, 9.17) is 9.84 Å². The van der Waals surface area contributed by atoms with Crippen LogP contribution in [0.4, 0.5) is 5.69 Å². The van der Waals surface area contributed by atoms with Crippen molar-refractivity contribution in [2.75, 3.05) is 11.8 Å². The number of carbonyl (C=O) groups is 1. The lowest BCUT2D eigenvalue weighted by atomic mass is 10.2. The molecule has 2 rings (SSSR count). The van der Waals surface area contributed by atoms with Gasteiger partial charge in [-0.25, -0.2) is 4.79 Å². The van der Waals surface area contributed by atoms with Crippen LogP contribution in [0.1, 0.15) is 10.4 Å². The van der Waals surface area contributed by atoms with Crippen molar-refractivity contribution in [3.05, 3.63) is 54.1 Å². The maximum atomic E-state index is 10.8. The van der Waals surface area contributed by atoms with Crippen molar-refractivity contribution in [3.63, 3.8) is 0 Å². The van der Waals surface area contributed by atoms with Crippen molar-refractivity contribution in [3.8, 4) is 5.75 Å². The fraction of sp³-hybridized carbons (Fsp3) is 0.0714. The molecule has 0 bridgehead atoms. The number of rotatable bonds is 5. The first kappa shape index (κ1) is 13.3. The first-order valence-electron chi connectivity index (χ1n) is 5.59. The van der Waals surface area contributed by atoms with Crippen LogP contribution in [0.25, 0.3) is 0 Å². The van der Waals surface area contributed by atoms with Crippen LogP contribution in [0.3, 0.4) is 0 Å². The van der Waals surface area contributed by atoms with Gasteiger partial charge in [0.1, 0.15) is 5.75 Å². The van der Waals surface area contributed by atoms with Crippen LogP contribution >= 0.6 is 11.9 Å². The summed E-state index contributed by atoms with van der Waals surface area (Å²) in [5, 5.41) is 8.90. The average Bonchev–Trinajstić information content (AvgIpc) is 2.46. The fourth-order valence-electron chi connectivity index (χ4n) is 1.48. The molecule has 0 aliphatic rings. The van der Waals surface area contributed by atoms with Gasteiger partial charge in [0.05, 0.1) is 12.7 Å². The number of methoxy groups -OCH3 is 1. The van der Waals surface area contributed by atoms with Crippen LogP contribution < -0.4 is 9.46 Å². The molecule has 0 aromatic heterocycles. The van der Waals surface area contributed by atoms with Gasteiger partial charge in [0.2, 0.25) is 0 Å². The molecule has 0 aliphatic heterocycles. The lowest BCUT2D eigenvalue weighted by Crippen LogP contribution is -1.96. The highest BCUT2D eigenvalue weighted by Crippen LogP contribution is 2.23. The Kier molecular flexibility index (Phi) is 4.30. The molecule has 0 fully saturated rings. The molecule has 0 saturated heterocycles. The first-order valence-corrected chi connectivity index (χ1v) is 6.41. The van der Waals surface area contributed by atoms with Crippen LogP contribution in [0.15, 0.2) is 53.4 Å². The lowest BCUT2D eigenvalue weighted by Gasteiger charge is -2.06. The summed E-state index contributed by atoms with van der Waals surface area (Å²) in [7, 11) is 1.62. The Morgan fingerprint density at radius 1 is 1.21 bits per heavy atom. The minimum atomic E-state index is -0.932. The zero-order valence-corrected chi connectivity index (χ0v) is 11.1. The van der Waals surface area contributed by atoms with E-state index < -0.39 is 5.97 Å². The molecular weight excluding hydrogens is 262 g/mol. The van der Waals surface area contributed by atoms with Gasteiger partial charge < -0.3 is 14.6 Å². The Bertz CT molecular complexity index is 569. The molecule has 19 heavy (non-hydrogen) atoms. The summed E-state index contributed by atoms with van der Waals surface area (Å²) >= 11 is 1.41. The van der Waals surface area contributed by atoms with Gasteiger partial charge in [-0.3, -0.25) is 0 Å². The van der Waals surface area contributed by atoms with Gasteiger partial charge in [0, 0.05) is 10.6 Å². The molecule has 0 unspecified atom stereocenters. The van der Waals surface area contributed by atoms with Crippen molar-refractivity contribution in [2.24, 2.45) is 0 Å². The van der Waals surface area contributed by atoms with Crippen molar-refractivity contribution in [2.45, 2.75) is 4.90 Å². The van der Waals surface area contributed by atoms with Gasteiger partial charge in [-0.05, 0) is 54.4 Å². The highest BCUT2D eigenvalue weighted by Gasteiger charge is 2.03. The zero-order valence-electron chi connectivity index (χ0n) is 10.3. The number of nitrogens with one attached hydrogen (secondary N) is 1. The summed E-state index contributed by atoms with van der Waals surface area (Å²) in [6, 6.07) is 14.3. The predicted octanol–water partition coefficient (Wildman–Crippen LogP) is 3.51. The number of hydrogen-bond donors (Lipinski definition) is 2. The van der Waals surface area contributed by atoms with Gasteiger partial charge in [-0.15, -0.1) is 0 Å². The second-order valence-corrected chi connectivity index (χ2v) is 4.65. The second kappa shape index (κ2) is 6.15. The largest absolute Gasteiger partial charge is 0.497 e. The van der Waals surface area contributed by atoms with E-state index >= 15 is 0 Å². The zero-order chi connectivity index (χ0) is 13.7. The summed E-state index contributed by atoms with van der Waals surface area (Å²) in [4.78, 5) is 11.9. The van der Waals surface area contributed by atoms with E-state index in [2.05, 4.69) is 4.72 Å². The van der Waals surface area contributed by atoms with Gasteiger partial charge >= 0.3 is 5.97 Å². The molecular formula is C14H13NO3S. The van der Waals surface area contributed by atoms with Gasteiger partial charge in [-0.2, -0.15) is 0 Å². The van der Waals surface area contributed by atoms with E-state index in [1.165, 1.54) is 11.9 Å². The minimum absolute atomic E-state index is 0.264. The van der Waals surface area contributed by atoms with E-state index in [9.17, 15) is 4.79 Å². The molecule has 0 saturated carbocycles. The van der Waals surface area contributed by atoms with Crippen molar-refractivity contribution >= 4 is 23.6 Å². The molecule has 0 heterocycles. The van der Waals surface area contributed by atoms with Crippen LogP contribution in [0.2, 0.25) is 0 Å². The number of carboxylic acid groups (broad SMARTS) is 1.